The topological polar surface area (TPSA) is 59.6 Å². The lowest BCUT2D eigenvalue weighted by molar-refractivity contribution is 0.759. The molecule has 6 nitrogen and oxygen atoms in total. The van der Waals surface area contributed by atoms with Crippen LogP contribution in [0.1, 0.15) is 54.0 Å². The molecule has 9 rings (SSSR count). The maximum Gasteiger partial charge on any atom is 0.107 e. The predicted octanol–water partition coefficient (Wildman–Crippen LogP) is 12.2. The summed E-state index contributed by atoms with van der Waals surface area (Å²) < 4.78 is 8.62. The molecular formula is C47H40N6S. The number of rotatable bonds is 11. The van der Waals surface area contributed by atoms with E-state index in [9.17, 15) is 0 Å². The summed E-state index contributed by atoms with van der Waals surface area (Å²) in [5.74, 6) is 0.927. The van der Waals surface area contributed by atoms with Gasteiger partial charge < -0.3 is 19.5 Å². The molecule has 2 N–H and O–H groups in total. The van der Waals surface area contributed by atoms with Crippen molar-refractivity contribution in [2.75, 3.05) is 9.80 Å². The first kappa shape index (κ1) is 33.5. The summed E-state index contributed by atoms with van der Waals surface area (Å²) in [6.07, 6.45) is 3.08. The molecule has 2 heterocycles. The van der Waals surface area contributed by atoms with Crippen LogP contribution in [0.2, 0.25) is 0 Å². The van der Waals surface area contributed by atoms with Crippen molar-refractivity contribution in [2.45, 2.75) is 32.1 Å². The minimum absolute atomic E-state index is 0.0917. The Labute approximate surface area is 321 Å². The molecular weight excluding hydrogens is 681 g/mol. The summed E-state index contributed by atoms with van der Waals surface area (Å²) in [7, 11) is 0. The van der Waals surface area contributed by atoms with Crippen LogP contribution < -0.4 is 14.5 Å². The Kier molecular flexibility index (Phi) is 9.29. The van der Waals surface area contributed by atoms with Crippen LogP contribution in [0.15, 0.2) is 180 Å². The molecule has 1 aromatic heterocycles. The van der Waals surface area contributed by atoms with Gasteiger partial charge in [0.05, 0.1) is 40.8 Å². The van der Waals surface area contributed by atoms with Crippen molar-refractivity contribution in [2.24, 2.45) is 4.40 Å². The molecule has 1 atom stereocenters. The summed E-state index contributed by atoms with van der Waals surface area (Å²) >= 11 is 1.40. The number of anilines is 6. The second-order valence-corrected chi connectivity index (χ2v) is 14.1. The van der Waals surface area contributed by atoms with Crippen LogP contribution >= 0.6 is 12.1 Å². The molecule has 0 saturated carbocycles. The number of hydrogen-bond donors (Lipinski definition) is 2. The Morgan fingerprint density at radius 2 is 1.04 bits per heavy atom. The first-order valence-electron chi connectivity index (χ1n) is 18.6. The number of hydrogen-bond acceptors (Lipinski definition) is 6. The van der Waals surface area contributed by atoms with E-state index in [0.717, 1.165) is 93.1 Å². The van der Waals surface area contributed by atoms with Gasteiger partial charge in [0.2, 0.25) is 0 Å². The number of nitrogens with one attached hydrogen (secondary N) is 2. The molecule has 6 aromatic carbocycles. The number of H-pyrrole nitrogens is 1. The fourth-order valence-corrected chi connectivity index (χ4v) is 8.19. The number of aromatic amines is 1. The number of benzene rings is 6. The van der Waals surface area contributed by atoms with Crippen LogP contribution in [0.3, 0.4) is 0 Å². The average molecular weight is 721 g/mol. The molecule has 0 amide bonds. The van der Waals surface area contributed by atoms with E-state index >= 15 is 0 Å². The summed E-state index contributed by atoms with van der Waals surface area (Å²) in [6.45, 7) is 2.23. The number of imidazole rings is 1. The number of para-hydroxylation sites is 4. The van der Waals surface area contributed by atoms with E-state index in [1.165, 1.54) is 17.7 Å². The van der Waals surface area contributed by atoms with E-state index in [0.29, 0.717) is 0 Å². The maximum atomic E-state index is 5.32. The van der Waals surface area contributed by atoms with E-state index < -0.39 is 0 Å². The van der Waals surface area contributed by atoms with Gasteiger partial charge in [-0.2, -0.15) is 4.40 Å². The van der Waals surface area contributed by atoms with Gasteiger partial charge >= 0.3 is 0 Å². The van der Waals surface area contributed by atoms with E-state index in [4.69, 9.17) is 9.38 Å². The van der Waals surface area contributed by atoms with Crippen LogP contribution in [0, 0.1) is 0 Å². The Morgan fingerprint density at radius 1 is 0.574 bits per heavy atom. The molecule has 1 aliphatic carbocycles. The monoisotopic (exact) mass is 720 g/mol. The highest BCUT2D eigenvalue weighted by Crippen LogP contribution is 2.46. The van der Waals surface area contributed by atoms with E-state index in [1.807, 2.05) is 0 Å². The molecule has 7 aromatic rings. The highest BCUT2D eigenvalue weighted by Gasteiger charge is 2.39. The summed E-state index contributed by atoms with van der Waals surface area (Å²) in [6, 6.07) is 59.9. The third kappa shape index (κ3) is 6.37. The number of aryl methyl sites for hydroxylation is 1. The van der Waals surface area contributed by atoms with E-state index in [2.05, 4.69) is 196 Å². The standard InChI is InChI=1S/C47H40N6S/c1-2-3-24-41-48-44-42(33-25-29-39(30-26-33)52(35-16-8-4-9-17-35)36-18-10-5-11-19-36)46-47(51-54-50-46)43(45(44)49-41)34-27-31-40(32-28-34)53(37-20-12-6-13-21-37)38-22-14-7-15-23-38/h4-23,25-32,42,51H,2-3,24H2,1H3,(H,48,49). The Bertz CT molecular complexity index is 2330. The SMILES string of the molecule is CCCCc1nc2c([nH]1)C(c1ccc(N(c3ccccc3)c3ccccc3)cc1)C1=NSNC1=C2c1ccc(N(c2ccccc2)c2ccccc2)cc1. The molecule has 7 heteroatoms. The van der Waals surface area contributed by atoms with Crippen molar-refractivity contribution in [1.29, 1.82) is 0 Å². The van der Waals surface area contributed by atoms with E-state index in [-0.39, 0.29) is 5.92 Å². The number of fused-ring (bicyclic) bond motifs is 2. The van der Waals surface area contributed by atoms with Crippen molar-refractivity contribution in [1.82, 2.24) is 14.7 Å². The first-order valence-corrected chi connectivity index (χ1v) is 19.4. The normalized spacial score (nSPS) is 14.5. The molecule has 54 heavy (non-hydrogen) atoms. The van der Waals surface area contributed by atoms with Gasteiger partial charge in [0.15, 0.2) is 0 Å². The molecule has 0 fully saturated rings. The lowest BCUT2D eigenvalue weighted by atomic mass is 9.80. The minimum atomic E-state index is -0.0917. The van der Waals surface area contributed by atoms with Crippen molar-refractivity contribution < 1.29 is 0 Å². The second-order valence-electron chi connectivity index (χ2n) is 13.6. The maximum absolute atomic E-state index is 5.32. The molecule has 2 aliphatic rings. The minimum Gasteiger partial charge on any atom is -0.344 e. The molecule has 0 spiro atoms. The molecule has 1 aliphatic heterocycles. The van der Waals surface area contributed by atoms with Gasteiger partial charge in [-0.3, -0.25) is 0 Å². The number of aromatic nitrogens is 2. The molecule has 0 saturated heterocycles. The quantitative estimate of drug-likeness (QED) is 0.130. The molecule has 0 bridgehead atoms. The van der Waals surface area contributed by atoms with Gasteiger partial charge in [0.1, 0.15) is 5.82 Å². The van der Waals surface area contributed by atoms with Crippen LogP contribution in [0.5, 0.6) is 0 Å². The molecule has 1 unspecified atom stereocenters. The lowest BCUT2D eigenvalue weighted by Gasteiger charge is -2.28. The van der Waals surface area contributed by atoms with E-state index in [1.54, 1.807) is 0 Å². The third-order valence-corrected chi connectivity index (χ3v) is 10.7. The fraction of sp³-hybridized carbons (Fsp3) is 0.106. The zero-order valence-corrected chi connectivity index (χ0v) is 30.9. The summed E-state index contributed by atoms with van der Waals surface area (Å²) in [5.41, 5.74) is 14.1. The van der Waals surface area contributed by atoms with Gasteiger partial charge in [-0.1, -0.05) is 110 Å². The van der Waals surface area contributed by atoms with Crippen molar-refractivity contribution in [3.8, 4) is 0 Å². The smallest absolute Gasteiger partial charge is 0.107 e. The number of unbranched alkanes of at least 4 members (excludes halogenated alkanes) is 1. The Hall–Kier alpha value is -6.31. The van der Waals surface area contributed by atoms with Crippen molar-refractivity contribution >= 4 is 57.5 Å². The Morgan fingerprint density at radius 3 is 1.52 bits per heavy atom. The largest absolute Gasteiger partial charge is 0.344 e. The number of nitrogens with zero attached hydrogens (tertiary/aromatic N) is 4. The van der Waals surface area contributed by atoms with Crippen molar-refractivity contribution in [3.63, 3.8) is 0 Å². The van der Waals surface area contributed by atoms with Gasteiger partial charge in [-0.25, -0.2) is 4.98 Å². The van der Waals surface area contributed by atoms with Gasteiger partial charge in [-0.15, -0.1) is 0 Å². The zero-order valence-electron chi connectivity index (χ0n) is 30.1. The van der Waals surface area contributed by atoms with Crippen LogP contribution in [-0.4, -0.2) is 15.7 Å². The highest BCUT2D eigenvalue weighted by molar-refractivity contribution is 7.96. The molecule has 0 radical (unpaired) electrons. The van der Waals surface area contributed by atoms with Gasteiger partial charge in [0.25, 0.3) is 0 Å². The average Bonchev–Trinajstić information content (AvgIpc) is 3.89. The summed E-state index contributed by atoms with van der Waals surface area (Å²) in [4.78, 5) is 13.7. The second kappa shape index (κ2) is 15.0. The third-order valence-electron chi connectivity index (χ3n) is 10.1. The number of allylic oxidation sites excluding steroid dienone is 1. The van der Waals surface area contributed by atoms with Gasteiger partial charge in [-0.05, 0) is 90.3 Å². The van der Waals surface area contributed by atoms with Crippen molar-refractivity contribution in [3.05, 3.63) is 204 Å². The zero-order chi connectivity index (χ0) is 36.3. The Balaban J connectivity index is 1.11. The first-order chi connectivity index (χ1) is 26.8. The fourth-order valence-electron chi connectivity index (χ4n) is 7.55. The van der Waals surface area contributed by atoms with Crippen LogP contribution in [-0.2, 0) is 6.42 Å². The van der Waals surface area contributed by atoms with Crippen LogP contribution in [0.4, 0.5) is 34.1 Å². The predicted molar refractivity (Wildman–Crippen MR) is 225 cm³/mol. The highest BCUT2D eigenvalue weighted by atomic mass is 32.2. The lowest BCUT2D eigenvalue weighted by Crippen LogP contribution is -2.25. The van der Waals surface area contributed by atoms with Gasteiger partial charge in [0, 0.05) is 46.1 Å². The van der Waals surface area contributed by atoms with Crippen LogP contribution in [0.25, 0.3) is 5.57 Å². The molecule has 264 valence electrons. The summed E-state index contributed by atoms with van der Waals surface area (Å²) in [5, 5.41) is 0.